The van der Waals surface area contributed by atoms with E-state index in [1.165, 1.54) is 0 Å². The van der Waals surface area contributed by atoms with Crippen molar-refractivity contribution in [2.24, 2.45) is 0 Å². The Hall–Kier alpha value is -2.52. The molecule has 2 rings (SSSR count). The van der Waals surface area contributed by atoms with Gasteiger partial charge in [-0.05, 0) is 12.1 Å². The lowest BCUT2D eigenvalue weighted by molar-refractivity contribution is -0.141. The summed E-state index contributed by atoms with van der Waals surface area (Å²) in [5.74, 6) is -9.81. The molecule has 2 aromatic rings. The van der Waals surface area contributed by atoms with E-state index in [2.05, 4.69) is 9.40 Å². The first kappa shape index (κ1) is 14.9. The number of aromatic nitrogens is 1. The number of hydrogen-bond acceptors (Lipinski definition) is 3. The molecule has 0 fully saturated rings. The molecule has 0 aliphatic rings. The van der Waals surface area contributed by atoms with Gasteiger partial charge in [0.1, 0.15) is 0 Å². The lowest BCUT2D eigenvalue weighted by atomic mass is 10.2. The summed E-state index contributed by atoms with van der Waals surface area (Å²) in [5.41, 5.74) is -2.54. The van der Waals surface area contributed by atoms with Gasteiger partial charge < -0.3 is 9.52 Å². The second-order valence-electron chi connectivity index (χ2n) is 3.75. The van der Waals surface area contributed by atoms with Gasteiger partial charge in [-0.25, -0.2) is 22.9 Å². The average Bonchev–Trinajstić information content (AvgIpc) is 2.80. The Kier molecular flexibility index (Phi) is 3.39. The molecule has 0 radical (unpaired) electrons. The summed E-state index contributed by atoms with van der Waals surface area (Å²) in [6.45, 7) is 0. The molecule has 0 unspecified atom stereocenters. The Morgan fingerprint density at radius 3 is 2.05 bits per heavy atom. The van der Waals surface area contributed by atoms with E-state index in [1.54, 1.807) is 0 Å². The predicted octanol–water partition coefficient (Wildman–Crippen LogP) is 3.48. The van der Waals surface area contributed by atoms with E-state index in [0.29, 0.717) is 12.1 Å². The summed E-state index contributed by atoms with van der Waals surface area (Å²) in [5, 5.41) is 8.60. The second kappa shape index (κ2) is 4.79. The van der Waals surface area contributed by atoms with Crippen molar-refractivity contribution < 1.29 is 40.7 Å². The second-order valence-corrected chi connectivity index (χ2v) is 3.75. The first-order valence-corrected chi connectivity index (χ1v) is 5.07. The third-order valence-corrected chi connectivity index (χ3v) is 2.32. The van der Waals surface area contributed by atoms with Crippen molar-refractivity contribution in [3.63, 3.8) is 0 Å². The van der Waals surface area contributed by atoms with Crippen LogP contribution in [-0.2, 0) is 6.18 Å². The maximum atomic E-state index is 13.0. The molecular weight excluding hydrogens is 308 g/mol. The van der Waals surface area contributed by atoms with Crippen LogP contribution < -0.4 is 0 Å². The first-order chi connectivity index (χ1) is 9.61. The fourth-order valence-corrected chi connectivity index (χ4v) is 1.46. The quantitative estimate of drug-likeness (QED) is 0.681. The highest BCUT2D eigenvalue weighted by atomic mass is 19.4. The van der Waals surface area contributed by atoms with Crippen LogP contribution in [-0.4, -0.2) is 16.1 Å². The van der Waals surface area contributed by atoms with Crippen molar-refractivity contribution in [3.05, 3.63) is 41.0 Å². The van der Waals surface area contributed by atoms with Crippen molar-refractivity contribution >= 4 is 5.97 Å². The van der Waals surface area contributed by atoms with E-state index in [-0.39, 0.29) is 0 Å². The number of nitrogens with zero attached hydrogens (tertiary/aromatic N) is 1. The Bertz CT molecular complexity index is 698. The van der Waals surface area contributed by atoms with Gasteiger partial charge in [-0.3, -0.25) is 0 Å². The predicted molar refractivity (Wildman–Crippen MR) is 53.8 cm³/mol. The van der Waals surface area contributed by atoms with Gasteiger partial charge in [0.15, 0.2) is 23.1 Å². The Labute approximate surface area is 111 Å². The summed E-state index contributed by atoms with van der Waals surface area (Å²) >= 11 is 0. The van der Waals surface area contributed by atoms with Gasteiger partial charge in [0, 0.05) is 5.56 Å². The molecule has 0 spiro atoms. The highest BCUT2D eigenvalue weighted by molar-refractivity contribution is 5.86. The van der Waals surface area contributed by atoms with E-state index in [0.717, 1.165) is 0 Å². The molecule has 0 atom stereocenters. The van der Waals surface area contributed by atoms with Gasteiger partial charge in [0.25, 0.3) is 0 Å². The van der Waals surface area contributed by atoms with Gasteiger partial charge in [-0.1, -0.05) is 0 Å². The highest BCUT2D eigenvalue weighted by Gasteiger charge is 2.41. The summed E-state index contributed by atoms with van der Waals surface area (Å²) in [7, 11) is 0. The fraction of sp³-hybridized carbons (Fsp3) is 0.0909. The van der Waals surface area contributed by atoms with E-state index in [1.807, 2.05) is 0 Å². The van der Waals surface area contributed by atoms with E-state index >= 15 is 0 Å². The molecule has 1 aromatic heterocycles. The lowest BCUT2D eigenvalue weighted by Gasteiger charge is -2.01. The zero-order chi connectivity index (χ0) is 15.9. The Morgan fingerprint density at radius 1 is 1.14 bits per heavy atom. The number of carbonyl (C=O) groups is 1. The van der Waals surface area contributed by atoms with E-state index < -0.39 is 52.5 Å². The average molecular weight is 311 g/mol. The highest BCUT2D eigenvalue weighted by Crippen LogP contribution is 2.34. The number of carboxylic acid groups (broad SMARTS) is 1. The maximum Gasteiger partial charge on any atom is 0.437 e. The topological polar surface area (TPSA) is 63.3 Å². The van der Waals surface area contributed by atoms with Crippen LogP contribution in [0.1, 0.15) is 16.2 Å². The normalized spacial score (nSPS) is 11.7. The zero-order valence-corrected chi connectivity index (χ0v) is 9.63. The van der Waals surface area contributed by atoms with Crippen molar-refractivity contribution in [3.8, 4) is 11.5 Å². The molecule has 1 aromatic carbocycles. The standard InChI is InChI=1S/C11H3F6NO3/c12-4-1-3(2-5(13)6(4)14)9-18-8(11(15,16)17)7(21-9)10(19)20/h1-2H,(H,19,20). The largest absolute Gasteiger partial charge is 0.475 e. The van der Waals surface area contributed by atoms with Crippen molar-refractivity contribution in [1.82, 2.24) is 4.98 Å². The third-order valence-electron chi connectivity index (χ3n) is 2.32. The molecule has 21 heavy (non-hydrogen) atoms. The van der Waals surface area contributed by atoms with Crippen LogP contribution in [0, 0.1) is 17.5 Å². The number of benzene rings is 1. The van der Waals surface area contributed by atoms with Gasteiger partial charge in [-0.15, -0.1) is 0 Å². The van der Waals surface area contributed by atoms with Gasteiger partial charge >= 0.3 is 12.1 Å². The summed E-state index contributed by atoms with van der Waals surface area (Å²) in [6, 6.07) is 0.659. The van der Waals surface area contributed by atoms with E-state index in [9.17, 15) is 31.1 Å². The molecule has 0 aliphatic heterocycles. The molecule has 0 amide bonds. The number of alkyl halides is 3. The molecule has 10 heteroatoms. The minimum absolute atomic E-state index is 0.329. The van der Waals surface area contributed by atoms with Crippen LogP contribution in [0.25, 0.3) is 11.5 Å². The van der Waals surface area contributed by atoms with E-state index in [4.69, 9.17) is 5.11 Å². The number of oxazole rings is 1. The van der Waals surface area contributed by atoms with Crippen molar-refractivity contribution in [1.29, 1.82) is 0 Å². The van der Waals surface area contributed by atoms with Crippen LogP contribution in [0.15, 0.2) is 16.5 Å². The third kappa shape index (κ3) is 2.69. The van der Waals surface area contributed by atoms with Crippen LogP contribution in [0.2, 0.25) is 0 Å². The zero-order valence-electron chi connectivity index (χ0n) is 9.63. The van der Waals surface area contributed by atoms with Crippen LogP contribution in [0.4, 0.5) is 26.3 Å². The molecule has 4 nitrogen and oxygen atoms in total. The minimum Gasteiger partial charge on any atom is -0.475 e. The monoisotopic (exact) mass is 311 g/mol. The molecule has 0 saturated heterocycles. The smallest absolute Gasteiger partial charge is 0.437 e. The van der Waals surface area contributed by atoms with Crippen molar-refractivity contribution in [2.75, 3.05) is 0 Å². The number of halogens is 6. The van der Waals surface area contributed by atoms with Crippen LogP contribution in [0.5, 0.6) is 0 Å². The molecule has 1 N–H and O–H groups in total. The minimum atomic E-state index is -5.15. The number of aromatic carboxylic acids is 1. The van der Waals surface area contributed by atoms with Crippen LogP contribution in [0.3, 0.4) is 0 Å². The fourth-order valence-electron chi connectivity index (χ4n) is 1.46. The molecule has 0 aliphatic carbocycles. The number of hydrogen-bond donors (Lipinski definition) is 1. The van der Waals surface area contributed by atoms with Gasteiger partial charge in [0.2, 0.25) is 11.7 Å². The maximum absolute atomic E-state index is 13.0. The molecule has 112 valence electrons. The summed E-state index contributed by atoms with van der Waals surface area (Å²) in [4.78, 5) is 13.5. The molecule has 0 bridgehead atoms. The molecule has 1 heterocycles. The lowest BCUT2D eigenvalue weighted by Crippen LogP contribution is -2.11. The summed E-state index contributed by atoms with van der Waals surface area (Å²) in [6.07, 6.45) is -5.15. The molecule has 0 saturated carbocycles. The Morgan fingerprint density at radius 2 is 1.67 bits per heavy atom. The first-order valence-electron chi connectivity index (χ1n) is 5.07. The van der Waals surface area contributed by atoms with Crippen LogP contribution >= 0.6 is 0 Å². The Balaban J connectivity index is 2.64. The number of carboxylic acids is 1. The van der Waals surface area contributed by atoms with Gasteiger partial charge in [-0.2, -0.15) is 13.2 Å². The number of rotatable bonds is 2. The SMILES string of the molecule is O=C(O)c1oc(-c2cc(F)c(F)c(F)c2)nc1C(F)(F)F. The molecular formula is C11H3F6NO3. The summed E-state index contributed by atoms with van der Waals surface area (Å²) < 4.78 is 80.8. The van der Waals surface area contributed by atoms with Crippen molar-refractivity contribution in [2.45, 2.75) is 6.18 Å². The van der Waals surface area contributed by atoms with Gasteiger partial charge in [0.05, 0.1) is 0 Å².